The van der Waals surface area contributed by atoms with Gasteiger partial charge in [-0.25, -0.2) is 13.2 Å². The molecule has 48 heavy (non-hydrogen) atoms. The summed E-state index contributed by atoms with van der Waals surface area (Å²) in [6.07, 6.45) is 8.01. The third-order valence-electron chi connectivity index (χ3n) is 11.0. The van der Waals surface area contributed by atoms with Gasteiger partial charge in [0.05, 0.1) is 17.3 Å². The number of nitrogens with one attached hydrogen (secondary N) is 4. The Morgan fingerprint density at radius 1 is 1.02 bits per heavy atom. The molecule has 1 saturated heterocycles. The van der Waals surface area contributed by atoms with E-state index in [0.717, 1.165) is 32.1 Å². The van der Waals surface area contributed by atoms with Crippen LogP contribution in [0.3, 0.4) is 0 Å². The van der Waals surface area contributed by atoms with E-state index >= 15 is 0 Å². The molecule has 4 N–H and O–H groups in total. The van der Waals surface area contributed by atoms with Gasteiger partial charge in [0.1, 0.15) is 12.1 Å². The number of likely N-dealkylation sites (tertiary alicyclic amines) is 1. The number of amides is 5. The molecule has 4 aliphatic rings. The highest BCUT2D eigenvalue weighted by Crippen LogP contribution is 2.57. The van der Waals surface area contributed by atoms with Crippen molar-refractivity contribution in [1.29, 1.82) is 0 Å². The van der Waals surface area contributed by atoms with Gasteiger partial charge in [-0.1, -0.05) is 79.7 Å². The number of urea groups is 1. The van der Waals surface area contributed by atoms with E-state index in [2.05, 4.69) is 41.7 Å². The minimum Gasteiger partial charge on any atom is -0.346 e. The van der Waals surface area contributed by atoms with Crippen LogP contribution in [0.1, 0.15) is 99.3 Å². The molecule has 0 radical (unpaired) electrons. The molecule has 270 valence electrons. The van der Waals surface area contributed by atoms with Crippen molar-refractivity contribution in [2.45, 2.75) is 123 Å². The Hall–Kier alpha value is -2.96. The fourth-order valence-electron chi connectivity index (χ4n) is 8.02. The van der Waals surface area contributed by atoms with E-state index in [9.17, 15) is 32.4 Å². The molecular formula is C35H57N5O7S. The fourth-order valence-corrected chi connectivity index (χ4v) is 9.43. The van der Waals surface area contributed by atoms with Gasteiger partial charge in [0.25, 0.3) is 5.91 Å². The predicted octanol–water partition coefficient (Wildman–Crippen LogP) is 2.87. The molecule has 4 rings (SSSR count). The third-order valence-corrected chi connectivity index (χ3v) is 12.9. The van der Waals surface area contributed by atoms with Crippen molar-refractivity contribution in [1.82, 2.24) is 26.2 Å². The summed E-state index contributed by atoms with van der Waals surface area (Å²) >= 11 is 0. The van der Waals surface area contributed by atoms with Gasteiger partial charge in [-0.2, -0.15) is 0 Å². The van der Waals surface area contributed by atoms with Crippen molar-refractivity contribution in [3.8, 4) is 0 Å². The molecular weight excluding hydrogens is 634 g/mol. The summed E-state index contributed by atoms with van der Waals surface area (Å²) in [5.74, 6) is -2.39. The van der Waals surface area contributed by atoms with Gasteiger partial charge in [0, 0.05) is 18.8 Å². The zero-order valence-corrected chi connectivity index (χ0v) is 30.5. The number of hydrogen-bond acceptors (Lipinski definition) is 7. The number of rotatable bonds is 14. The van der Waals surface area contributed by atoms with E-state index < -0.39 is 68.5 Å². The minimum atomic E-state index is -3.39. The van der Waals surface area contributed by atoms with Crippen LogP contribution in [0.25, 0.3) is 0 Å². The molecule has 4 unspecified atom stereocenters. The lowest BCUT2D eigenvalue weighted by Crippen LogP contribution is -2.63. The number of hydrogen-bond donors (Lipinski definition) is 4. The Kier molecular flexibility index (Phi) is 11.4. The van der Waals surface area contributed by atoms with Gasteiger partial charge in [-0.15, -0.1) is 6.58 Å². The minimum absolute atomic E-state index is 0.0230. The van der Waals surface area contributed by atoms with Crippen LogP contribution in [0.5, 0.6) is 0 Å². The monoisotopic (exact) mass is 691 g/mol. The van der Waals surface area contributed by atoms with Crippen LogP contribution >= 0.6 is 0 Å². The van der Waals surface area contributed by atoms with Crippen molar-refractivity contribution in [2.75, 3.05) is 24.6 Å². The van der Waals surface area contributed by atoms with Gasteiger partial charge < -0.3 is 26.2 Å². The van der Waals surface area contributed by atoms with Crippen LogP contribution in [-0.4, -0.2) is 91.1 Å². The quantitative estimate of drug-likeness (QED) is 0.160. The summed E-state index contributed by atoms with van der Waals surface area (Å²) in [5.41, 5.74) is -1.77. The molecule has 3 aliphatic carbocycles. The molecule has 3 saturated carbocycles. The summed E-state index contributed by atoms with van der Waals surface area (Å²) < 4.78 is 25.4. The number of carbonyl (C=O) groups is 5. The lowest BCUT2D eigenvalue weighted by atomic mass is 9.55. The number of ketones is 1. The zero-order valence-electron chi connectivity index (χ0n) is 29.7. The van der Waals surface area contributed by atoms with Crippen molar-refractivity contribution in [3.05, 3.63) is 12.7 Å². The average molecular weight is 692 g/mol. The lowest BCUT2D eigenvalue weighted by molar-refractivity contribution is -0.145. The highest BCUT2D eigenvalue weighted by atomic mass is 32.2. The fraction of sp³-hybridized carbons (Fsp3) is 0.800. The number of fused-ring (bicyclic) bond motifs is 1. The maximum absolute atomic E-state index is 14.5. The van der Waals surface area contributed by atoms with Crippen LogP contribution in [0.15, 0.2) is 12.7 Å². The van der Waals surface area contributed by atoms with Crippen LogP contribution in [0.2, 0.25) is 0 Å². The molecule has 0 bridgehead atoms. The molecule has 0 aromatic carbocycles. The molecule has 5 atom stereocenters. The van der Waals surface area contributed by atoms with Gasteiger partial charge >= 0.3 is 6.03 Å². The maximum atomic E-state index is 14.5. The second-order valence-corrected chi connectivity index (χ2v) is 18.8. The van der Waals surface area contributed by atoms with Gasteiger partial charge in [0.2, 0.25) is 17.6 Å². The first-order valence-electron chi connectivity index (χ1n) is 17.7. The second kappa shape index (κ2) is 14.5. The number of nitrogens with zero attached hydrogens (tertiary/aromatic N) is 1. The first kappa shape index (κ1) is 37.9. The van der Waals surface area contributed by atoms with E-state index in [-0.39, 0.29) is 41.2 Å². The predicted molar refractivity (Wildman–Crippen MR) is 183 cm³/mol. The highest BCUT2D eigenvalue weighted by Gasteiger charge is 2.61. The molecule has 4 fully saturated rings. The van der Waals surface area contributed by atoms with E-state index in [1.54, 1.807) is 11.8 Å². The SMILES string of the molecule is C=CCNC(=O)C(=O)C(CC1CC1)NC(=O)C1C2CC(C)(C)C2CN1C(=O)[C@@H](NC(=O)NC1(CS(=O)(=O)CC)CCCCC1)C(C)(C)C. The molecule has 5 amide bonds. The van der Waals surface area contributed by atoms with E-state index in [1.807, 2.05) is 20.8 Å². The smallest absolute Gasteiger partial charge is 0.315 e. The van der Waals surface area contributed by atoms with Crippen LogP contribution < -0.4 is 21.3 Å². The zero-order chi connectivity index (χ0) is 35.7. The Bertz CT molecular complexity index is 1380. The van der Waals surface area contributed by atoms with Gasteiger partial charge in [-0.3, -0.25) is 19.2 Å². The highest BCUT2D eigenvalue weighted by molar-refractivity contribution is 7.91. The van der Waals surface area contributed by atoms with Crippen molar-refractivity contribution < 1.29 is 32.4 Å². The van der Waals surface area contributed by atoms with E-state index in [1.165, 1.54) is 6.08 Å². The van der Waals surface area contributed by atoms with Crippen LogP contribution in [-0.2, 0) is 29.0 Å². The molecule has 0 aromatic heterocycles. The second-order valence-electron chi connectivity index (χ2n) is 16.4. The summed E-state index contributed by atoms with van der Waals surface area (Å²) in [7, 11) is -3.39. The molecule has 1 heterocycles. The van der Waals surface area contributed by atoms with E-state index in [0.29, 0.717) is 32.2 Å². The number of Topliss-reactive ketones (excluding diaryl/α,β-unsaturated/α-hetero) is 1. The molecule has 13 heteroatoms. The normalized spacial score (nSPS) is 25.8. The van der Waals surface area contributed by atoms with Crippen LogP contribution in [0, 0.1) is 28.6 Å². The standard InChI is InChI=1S/C35H57N5O7S/c1-8-17-36-30(43)27(41)25(18-22-13-14-22)37-29(42)26-23-19-34(6,7)24(23)20-40(26)31(44)28(33(3,4)5)38-32(45)39-35(15-11-10-12-16-35)21-48(46,47)9-2/h8,22-26,28H,1,9-21H2,2-7H3,(H,36,43)(H,37,42)(H2,38,39,45)/t23?,24?,25?,26?,28-/m1/s1. The largest absolute Gasteiger partial charge is 0.346 e. The van der Waals surface area contributed by atoms with Crippen molar-refractivity contribution >= 4 is 39.4 Å². The molecule has 0 spiro atoms. The summed E-state index contributed by atoms with van der Waals surface area (Å²) in [6.45, 7) is 15.3. The number of sulfone groups is 1. The molecule has 12 nitrogen and oxygen atoms in total. The van der Waals surface area contributed by atoms with Gasteiger partial charge in [0.15, 0.2) is 9.84 Å². The van der Waals surface area contributed by atoms with Crippen molar-refractivity contribution in [2.24, 2.45) is 28.6 Å². The van der Waals surface area contributed by atoms with E-state index in [4.69, 9.17) is 0 Å². The van der Waals surface area contributed by atoms with Gasteiger partial charge in [-0.05, 0) is 54.3 Å². The summed E-state index contributed by atoms with van der Waals surface area (Å²) in [6, 6.07) is -3.51. The molecule has 0 aromatic rings. The Morgan fingerprint density at radius 3 is 2.21 bits per heavy atom. The summed E-state index contributed by atoms with van der Waals surface area (Å²) in [5, 5.41) is 11.2. The Morgan fingerprint density at radius 2 is 1.67 bits per heavy atom. The molecule has 1 aliphatic heterocycles. The lowest BCUT2D eigenvalue weighted by Gasteiger charge is -2.48. The maximum Gasteiger partial charge on any atom is 0.315 e. The third kappa shape index (κ3) is 8.79. The van der Waals surface area contributed by atoms with Crippen molar-refractivity contribution in [3.63, 3.8) is 0 Å². The average Bonchev–Trinajstić information content (AvgIpc) is 3.75. The topological polar surface area (TPSA) is 171 Å². The first-order valence-corrected chi connectivity index (χ1v) is 19.5. The Labute approximate surface area is 286 Å². The number of carbonyl (C=O) groups excluding carboxylic acids is 5. The van der Waals surface area contributed by atoms with Crippen LogP contribution in [0.4, 0.5) is 4.79 Å². The first-order chi connectivity index (χ1) is 22.3. The summed E-state index contributed by atoms with van der Waals surface area (Å²) in [4.78, 5) is 69.6. The Balaban J connectivity index is 1.56.